The highest BCUT2D eigenvalue weighted by atomic mass is 79.9. The summed E-state index contributed by atoms with van der Waals surface area (Å²) >= 11 is 3.43. The molecular weight excluding hydrogens is 544 g/mol. The predicted molar refractivity (Wildman–Crippen MR) is 140 cm³/mol. The van der Waals surface area contributed by atoms with Crippen LogP contribution in [-0.4, -0.2) is 29.4 Å². The molecule has 188 valence electrons. The Kier molecular flexibility index (Phi) is 7.49. The molecule has 1 heterocycles. The molecule has 0 aromatic heterocycles. The van der Waals surface area contributed by atoms with Crippen LogP contribution >= 0.6 is 15.9 Å². The van der Waals surface area contributed by atoms with Crippen LogP contribution in [0.15, 0.2) is 69.8 Å². The molecule has 0 fully saturated rings. The smallest absolute Gasteiger partial charge is 0.363 e. The second-order valence-corrected chi connectivity index (χ2v) is 8.92. The largest absolute Gasteiger partial charge is 0.490 e. The number of ether oxygens (including phenoxy) is 3. The van der Waals surface area contributed by atoms with Crippen LogP contribution in [-0.2, 0) is 9.53 Å². The summed E-state index contributed by atoms with van der Waals surface area (Å²) in [6.07, 6.45) is 1.48. The molecule has 0 amide bonds. The zero-order valence-electron chi connectivity index (χ0n) is 20.1. The van der Waals surface area contributed by atoms with Crippen LogP contribution in [0.4, 0.5) is 5.69 Å². The van der Waals surface area contributed by atoms with Gasteiger partial charge in [-0.2, -0.15) is 0 Å². The van der Waals surface area contributed by atoms with Crippen molar-refractivity contribution >= 4 is 45.5 Å². The maximum Gasteiger partial charge on any atom is 0.363 e. The normalized spacial score (nSPS) is 13.8. The fraction of sp³-hybridized carbons (Fsp3) is 0.148. The summed E-state index contributed by atoms with van der Waals surface area (Å²) < 4.78 is 17.0. The van der Waals surface area contributed by atoms with Crippen molar-refractivity contribution in [2.45, 2.75) is 20.8 Å². The minimum absolute atomic E-state index is 0.00256. The Morgan fingerprint density at radius 2 is 1.89 bits per heavy atom. The molecule has 1 aliphatic rings. The van der Waals surface area contributed by atoms with Crippen LogP contribution in [0.2, 0.25) is 0 Å². The minimum atomic E-state index is -0.706. The predicted octanol–water partition coefficient (Wildman–Crippen LogP) is 5.94. The molecule has 0 radical (unpaired) electrons. The molecule has 4 rings (SSSR count). The Morgan fingerprint density at radius 3 is 2.59 bits per heavy atom. The number of carbonyl (C=O) groups excluding carboxylic acids is 2. The first-order valence-electron chi connectivity index (χ1n) is 11.2. The van der Waals surface area contributed by atoms with Gasteiger partial charge in [-0.3, -0.25) is 10.1 Å². The van der Waals surface area contributed by atoms with E-state index in [9.17, 15) is 19.7 Å². The van der Waals surface area contributed by atoms with Crippen LogP contribution < -0.4 is 9.47 Å². The molecule has 0 unspecified atom stereocenters. The molecule has 10 heteroatoms. The van der Waals surface area contributed by atoms with Crippen molar-refractivity contribution in [1.82, 2.24) is 0 Å². The van der Waals surface area contributed by atoms with Gasteiger partial charge >= 0.3 is 11.9 Å². The highest BCUT2D eigenvalue weighted by Crippen LogP contribution is 2.38. The molecule has 0 bridgehead atoms. The van der Waals surface area contributed by atoms with Gasteiger partial charge in [0.2, 0.25) is 5.90 Å². The first-order valence-corrected chi connectivity index (χ1v) is 12.0. The lowest BCUT2D eigenvalue weighted by Crippen LogP contribution is -2.11. The monoisotopic (exact) mass is 564 g/mol. The lowest BCUT2D eigenvalue weighted by atomic mass is 10.1. The lowest BCUT2D eigenvalue weighted by molar-refractivity contribution is -0.385. The summed E-state index contributed by atoms with van der Waals surface area (Å²) in [6, 6.07) is 14.8. The van der Waals surface area contributed by atoms with Gasteiger partial charge in [0.1, 0.15) is 0 Å². The molecule has 3 aromatic carbocycles. The maximum absolute atomic E-state index is 12.8. The SMILES string of the molecule is CCOc1cc(/C=C2\N=C(c3ccc(C)c([N+](=O)[O-])c3)OC2=O)cc(Br)c1OC(=O)c1ccccc1C. The van der Waals surface area contributed by atoms with Crippen LogP contribution in [0, 0.1) is 24.0 Å². The van der Waals surface area contributed by atoms with Gasteiger partial charge in [-0.15, -0.1) is 0 Å². The summed E-state index contributed by atoms with van der Waals surface area (Å²) in [5, 5.41) is 11.3. The number of benzene rings is 3. The molecule has 9 nitrogen and oxygen atoms in total. The summed E-state index contributed by atoms with van der Waals surface area (Å²) in [4.78, 5) is 40.3. The second kappa shape index (κ2) is 10.8. The average molecular weight is 565 g/mol. The third-order valence-electron chi connectivity index (χ3n) is 5.47. The topological polar surface area (TPSA) is 117 Å². The zero-order valence-corrected chi connectivity index (χ0v) is 21.7. The molecule has 0 spiro atoms. The van der Waals surface area contributed by atoms with Crippen molar-refractivity contribution in [3.8, 4) is 11.5 Å². The Hall–Kier alpha value is -4.31. The lowest BCUT2D eigenvalue weighted by Gasteiger charge is -2.14. The van der Waals surface area contributed by atoms with Gasteiger partial charge in [0.15, 0.2) is 17.2 Å². The third-order valence-corrected chi connectivity index (χ3v) is 6.06. The number of nitro groups is 1. The summed E-state index contributed by atoms with van der Waals surface area (Å²) in [7, 11) is 0. The van der Waals surface area contributed by atoms with Crippen LogP contribution in [0.5, 0.6) is 11.5 Å². The van der Waals surface area contributed by atoms with Crippen LogP contribution in [0.3, 0.4) is 0 Å². The molecule has 1 aliphatic heterocycles. The van der Waals surface area contributed by atoms with E-state index in [-0.39, 0.29) is 28.8 Å². The van der Waals surface area contributed by atoms with Gasteiger partial charge in [-0.25, -0.2) is 14.6 Å². The van der Waals surface area contributed by atoms with E-state index in [0.717, 1.165) is 5.56 Å². The maximum atomic E-state index is 12.8. The summed E-state index contributed by atoms with van der Waals surface area (Å²) in [6.45, 7) is 5.52. The molecule has 0 N–H and O–H groups in total. The van der Waals surface area contributed by atoms with E-state index in [2.05, 4.69) is 20.9 Å². The van der Waals surface area contributed by atoms with E-state index >= 15 is 0 Å². The Morgan fingerprint density at radius 1 is 1.14 bits per heavy atom. The molecule has 0 aliphatic carbocycles. The van der Waals surface area contributed by atoms with Crippen LogP contribution in [0.25, 0.3) is 6.08 Å². The molecule has 3 aromatic rings. The first kappa shape index (κ1) is 25.8. The van der Waals surface area contributed by atoms with E-state index < -0.39 is 16.9 Å². The molecule has 37 heavy (non-hydrogen) atoms. The standard InChI is InChI=1S/C27H21BrN2O7/c1-4-35-23-13-17(11-20(28)24(23)36-26(31)19-8-6-5-7-15(19)2)12-21-27(32)37-25(29-21)18-10-9-16(3)22(14-18)30(33)34/h5-14H,4H2,1-3H3/b21-12-. The van der Waals surface area contributed by atoms with Gasteiger partial charge in [0.05, 0.1) is 21.6 Å². The number of aliphatic imine (C=N–C) groups is 1. The number of halogens is 1. The number of hydrogen-bond donors (Lipinski definition) is 0. The quantitative estimate of drug-likeness (QED) is 0.114. The summed E-state index contributed by atoms with van der Waals surface area (Å²) in [5.41, 5.74) is 2.41. The molecular formula is C27H21BrN2O7. The van der Waals surface area contributed by atoms with E-state index in [4.69, 9.17) is 14.2 Å². The van der Waals surface area contributed by atoms with Gasteiger partial charge < -0.3 is 14.2 Å². The fourth-order valence-electron chi connectivity index (χ4n) is 3.61. The average Bonchev–Trinajstić information content (AvgIpc) is 3.21. The number of cyclic esters (lactones) is 1. The Labute approximate surface area is 220 Å². The van der Waals surface area contributed by atoms with Crippen molar-refractivity contribution in [2.24, 2.45) is 4.99 Å². The van der Waals surface area contributed by atoms with E-state index in [1.54, 1.807) is 50.2 Å². The number of hydrogen-bond acceptors (Lipinski definition) is 8. The van der Waals surface area contributed by atoms with Crippen LogP contribution in [0.1, 0.15) is 39.5 Å². The zero-order chi connectivity index (χ0) is 26.7. The fourth-order valence-corrected chi connectivity index (χ4v) is 4.15. The Bertz CT molecular complexity index is 1490. The number of aryl methyl sites for hydroxylation is 2. The second-order valence-electron chi connectivity index (χ2n) is 8.06. The van der Waals surface area contributed by atoms with E-state index in [1.807, 2.05) is 19.1 Å². The number of carbonyl (C=O) groups is 2. The number of rotatable bonds is 7. The highest BCUT2D eigenvalue weighted by Gasteiger charge is 2.26. The van der Waals surface area contributed by atoms with Crippen molar-refractivity contribution < 1.29 is 28.7 Å². The first-order chi connectivity index (χ1) is 17.7. The number of esters is 2. The molecule has 0 atom stereocenters. The highest BCUT2D eigenvalue weighted by molar-refractivity contribution is 9.10. The molecule has 0 saturated heterocycles. The summed E-state index contributed by atoms with van der Waals surface area (Å²) in [5.74, 6) is -0.793. The van der Waals surface area contributed by atoms with Gasteiger partial charge in [0.25, 0.3) is 5.69 Å². The van der Waals surface area contributed by atoms with E-state index in [0.29, 0.717) is 33.3 Å². The third kappa shape index (κ3) is 5.59. The molecule has 0 saturated carbocycles. The van der Waals surface area contributed by atoms with Gasteiger partial charge in [0, 0.05) is 17.2 Å². The van der Waals surface area contributed by atoms with E-state index in [1.165, 1.54) is 12.1 Å². The van der Waals surface area contributed by atoms with Gasteiger partial charge in [-0.05, 0) is 78.2 Å². The van der Waals surface area contributed by atoms with Gasteiger partial charge in [-0.1, -0.05) is 24.3 Å². The number of nitro benzene ring substituents is 1. The Balaban J connectivity index is 1.67. The van der Waals surface area contributed by atoms with Crippen molar-refractivity contribution in [3.05, 3.63) is 103 Å². The minimum Gasteiger partial charge on any atom is -0.490 e. The number of nitrogens with zero attached hydrogens (tertiary/aromatic N) is 2. The van der Waals surface area contributed by atoms with Crippen molar-refractivity contribution in [3.63, 3.8) is 0 Å². The van der Waals surface area contributed by atoms with Crippen molar-refractivity contribution in [2.75, 3.05) is 6.61 Å². The van der Waals surface area contributed by atoms with Crippen molar-refractivity contribution in [1.29, 1.82) is 0 Å².